The van der Waals surface area contributed by atoms with E-state index in [1.807, 2.05) is 6.92 Å². The molecule has 0 saturated carbocycles. The van der Waals surface area contributed by atoms with Gasteiger partial charge in [0.05, 0.1) is 0 Å². The summed E-state index contributed by atoms with van der Waals surface area (Å²) in [4.78, 5) is 18.8. The van der Waals surface area contributed by atoms with Crippen molar-refractivity contribution in [3.8, 4) is 0 Å². The number of carbonyl (C=O) groups excluding carboxylic acids is 1. The van der Waals surface area contributed by atoms with Crippen molar-refractivity contribution < 1.29 is 9.32 Å². The van der Waals surface area contributed by atoms with Crippen molar-refractivity contribution >= 4 is 5.91 Å². The van der Waals surface area contributed by atoms with Gasteiger partial charge in [0.15, 0.2) is 5.82 Å². The number of aryl methyl sites for hydroxylation is 2. The van der Waals surface area contributed by atoms with Crippen LogP contribution in [0.3, 0.4) is 0 Å². The lowest BCUT2D eigenvalue weighted by Crippen LogP contribution is -2.39. The molecule has 0 spiro atoms. The van der Waals surface area contributed by atoms with Gasteiger partial charge in [-0.05, 0) is 25.3 Å². The van der Waals surface area contributed by atoms with Crippen molar-refractivity contribution in [1.29, 1.82) is 0 Å². The highest BCUT2D eigenvalue weighted by Gasteiger charge is 2.33. The zero-order valence-corrected chi connectivity index (χ0v) is 12.3. The zero-order valence-electron chi connectivity index (χ0n) is 12.3. The molecule has 2 aromatic rings. The highest BCUT2D eigenvalue weighted by molar-refractivity contribution is 5.92. The Balaban J connectivity index is 1.85. The Bertz CT molecular complexity index is 633. The maximum absolute atomic E-state index is 12.6. The van der Waals surface area contributed by atoms with E-state index in [1.54, 1.807) is 28.9 Å². The molecule has 2 aromatic heterocycles. The Labute approximate surface area is 122 Å². The third kappa shape index (κ3) is 2.68. The summed E-state index contributed by atoms with van der Waals surface area (Å²) < 4.78 is 6.97. The van der Waals surface area contributed by atoms with E-state index in [4.69, 9.17) is 4.52 Å². The van der Waals surface area contributed by atoms with Crippen molar-refractivity contribution in [2.24, 2.45) is 7.05 Å². The average molecular weight is 289 g/mol. The molecule has 0 N–H and O–H groups in total. The van der Waals surface area contributed by atoms with E-state index < -0.39 is 0 Å². The number of nitrogens with zero attached hydrogens (tertiary/aromatic N) is 5. The summed E-state index contributed by atoms with van der Waals surface area (Å²) in [6.07, 6.45) is 5.40. The highest BCUT2D eigenvalue weighted by Crippen LogP contribution is 2.31. The molecule has 1 aliphatic rings. The summed E-state index contributed by atoms with van der Waals surface area (Å²) in [5, 5.41) is 8.13. The van der Waals surface area contributed by atoms with Gasteiger partial charge in [0.25, 0.3) is 5.91 Å². The number of amides is 1. The summed E-state index contributed by atoms with van der Waals surface area (Å²) in [6.45, 7) is 2.68. The lowest BCUT2D eigenvalue weighted by molar-refractivity contribution is 0.0554. The third-order valence-corrected chi connectivity index (χ3v) is 3.78. The fourth-order valence-electron chi connectivity index (χ4n) is 2.65. The van der Waals surface area contributed by atoms with Crippen molar-refractivity contribution in [2.45, 2.75) is 38.6 Å². The molecule has 1 fully saturated rings. The first-order valence-corrected chi connectivity index (χ1v) is 7.32. The van der Waals surface area contributed by atoms with Crippen molar-refractivity contribution in [1.82, 2.24) is 24.8 Å². The number of piperidine rings is 1. The molecule has 1 saturated heterocycles. The lowest BCUT2D eigenvalue weighted by atomic mass is 10.0. The molecule has 0 unspecified atom stereocenters. The van der Waals surface area contributed by atoms with Crippen molar-refractivity contribution in [3.63, 3.8) is 0 Å². The number of carbonyl (C=O) groups is 1. The molecule has 0 radical (unpaired) electrons. The molecule has 1 aliphatic heterocycles. The van der Waals surface area contributed by atoms with Gasteiger partial charge in [-0.15, -0.1) is 0 Å². The lowest BCUT2D eigenvalue weighted by Gasteiger charge is -2.32. The molecule has 7 nitrogen and oxygen atoms in total. The molecule has 1 amide bonds. The quantitative estimate of drug-likeness (QED) is 0.860. The van der Waals surface area contributed by atoms with Gasteiger partial charge in [-0.25, -0.2) is 0 Å². The van der Waals surface area contributed by atoms with Crippen LogP contribution in [-0.2, 0) is 13.5 Å². The minimum absolute atomic E-state index is 0.0726. The zero-order chi connectivity index (χ0) is 14.8. The van der Waals surface area contributed by atoms with E-state index in [2.05, 4.69) is 15.2 Å². The minimum Gasteiger partial charge on any atom is -0.337 e. The standard InChI is InChI=1S/C14H19N5O2/c1-3-12-15-13(21-17-12)11-6-4-5-8-19(11)14(20)10-7-9-18(2)16-10/h7,9,11H,3-6,8H2,1-2H3/t11-/m1/s1. The van der Waals surface area contributed by atoms with Gasteiger partial charge in [0.2, 0.25) is 5.89 Å². The summed E-state index contributed by atoms with van der Waals surface area (Å²) >= 11 is 0. The van der Waals surface area contributed by atoms with Gasteiger partial charge in [-0.2, -0.15) is 10.1 Å². The summed E-state index contributed by atoms with van der Waals surface area (Å²) in [7, 11) is 1.80. The molecule has 21 heavy (non-hydrogen) atoms. The first-order chi connectivity index (χ1) is 10.2. The van der Waals surface area contributed by atoms with Gasteiger partial charge in [-0.1, -0.05) is 12.1 Å². The van der Waals surface area contributed by atoms with E-state index in [1.165, 1.54) is 0 Å². The van der Waals surface area contributed by atoms with Crippen LogP contribution < -0.4 is 0 Å². The molecule has 0 aromatic carbocycles. The Morgan fingerprint density at radius 3 is 3.00 bits per heavy atom. The van der Waals surface area contributed by atoms with Crippen LogP contribution in [0.5, 0.6) is 0 Å². The fourth-order valence-corrected chi connectivity index (χ4v) is 2.65. The van der Waals surface area contributed by atoms with Crippen LogP contribution in [-0.4, -0.2) is 37.3 Å². The topological polar surface area (TPSA) is 77.0 Å². The number of hydrogen-bond acceptors (Lipinski definition) is 5. The highest BCUT2D eigenvalue weighted by atomic mass is 16.5. The molecule has 3 heterocycles. The van der Waals surface area contributed by atoms with E-state index in [0.717, 1.165) is 25.7 Å². The predicted molar refractivity (Wildman–Crippen MR) is 74.5 cm³/mol. The van der Waals surface area contributed by atoms with Crippen molar-refractivity contribution in [3.05, 3.63) is 29.7 Å². The van der Waals surface area contributed by atoms with Crippen LogP contribution in [0, 0.1) is 0 Å². The van der Waals surface area contributed by atoms with Gasteiger partial charge < -0.3 is 9.42 Å². The fraction of sp³-hybridized carbons (Fsp3) is 0.571. The second-order valence-electron chi connectivity index (χ2n) is 5.29. The SMILES string of the molecule is CCc1noc([C@H]2CCCCN2C(=O)c2ccn(C)n2)n1. The molecular weight excluding hydrogens is 270 g/mol. The van der Waals surface area contributed by atoms with Gasteiger partial charge >= 0.3 is 0 Å². The van der Waals surface area contributed by atoms with Crippen LogP contribution in [0.15, 0.2) is 16.8 Å². The molecule has 112 valence electrons. The minimum atomic E-state index is -0.138. The summed E-state index contributed by atoms with van der Waals surface area (Å²) in [5.74, 6) is 1.15. The average Bonchev–Trinajstić information content (AvgIpc) is 3.15. The molecule has 0 aliphatic carbocycles. The van der Waals surface area contributed by atoms with E-state index >= 15 is 0 Å². The second kappa shape index (κ2) is 5.67. The first kappa shape index (κ1) is 13.8. The molecule has 7 heteroatoms. The summed E-state index contributed by atoms with van der Waals surface area (Å²) in [6, 6.07) is 1.60. The van der Waals surface area contributed by atoms with Crippen LogP contribution in [0.1, 0.15) is 54.4 Å². The maximum atomic E-state index is 12.6. The second-order valence-corrected chi connectivity index (χ2v) is 5.29. The molecule has 1 atom stereocenters. The Hall–Kier alpha value is -2.18. The van der Waals surface area contributed by atoms with Crippen LogP contribution in [0.25, 0.3) is 0 Å². The number of aromatic nitrogens is 4. The van der Waals surface area contributed by atoms with Gasteiger partial charge in [-0.3, -0.25) is 9.48 Å². The Morgan fingerprint density at radius 1 is 1.48 bits per heavy atom. The Morgan fingerprint density at radius 2 is 2.33 bits per heavy atom. The number of likely N-dealkylation sites (tertiary alicyclic amines) is 1. The number of hydrogen-bond donors (Lipinski definition) is 0. The normalized spacial score (nSPS) is 19.0. The summed E-state index contributed by atoms with van der Waals surface area (Å²) in [5.41, 5.74) is 0.458. The van der Waals surface area contributed by atoms with Crippen LogP contribution >= 0.6 is 0 Å². The van der Waals surface area contributed by atoms with Crippen LogP contribution in [0.4, 0.5) is 0 Å². The molecular formula is C14H19N5O2. The molecule has 3 rings (SSSR count). The van der Waals surface area contributed by atoms with Crippen molar-refractivity contribution in [2.75, 3.05) is 6.54 Å². The van der Waals surface area contributed by atoms with Crippen LogP contribution in [0.2, 0.25) is 0 Å². The number of rotatable bonds is 3. The molecule has 0 bridgehead atoms. The third-order valence-electron chi connectivity index (χ3n) is 3.78. The van der Waals surface area contributed by atoms with Gasteiger partial charge in [0.1, 0.15) is 11.7 Å². The smallest absolute Gasteiger partial charge is 0.275 e. The largest absolute Gasteiger partial charge is 0.337 e. The first-order valence-electron chi connectivity index (χ1n) is 7.32. The van der Waals surface area contributed by atoms with E-state index in [9.17, 15) is 4.79 Å². The predicted octanol–water partition coefficient (Wildman–Crippen LogP) is 1.73. The Kier molecular flexibility index (Phi) is 3.72. The maximum Gasteiger partial charge on any atom is 0.275 e. The van der Waals surface area contributed by atoms with Gasteiger partial charge in [0, 0.05) is 26.2 Å². The monoisotopic (exact) mass is 289 g/mol. The van der Waals surface area contributed by atoms with E-state index in [0.29, 0.717) is 24.0 Å². The van der Waals surface area contributed by atoms with E-state index in [-0.39, 0.29) is 11.9 Å².